The average molecular weight is 388 g/mol. The van der Waals surface area contributed by atoms with Gasteiger partial charge in [0.05, 0.1) is 5.69 Å². The van der Waals surface area contributed by atoms with Crippen LogP contribution in [-0.4, -0.2) is 36.8 Å². The molecule has 1 atom stereocenters. The van der Waals surface area contributed by atoms with E-state index in [-0.39, 0.29) is 11.9 Å². The summed E-state index contributed by atoms with van der Waals surface area (Å²) in [4.78, 5) is 6.97. The van der Waals surface area contributed by atoms with E-state index >= 15 is 0 Å². The molecular formula is C21H30FN5O. The number of nitrogens with zero attached hydrogens (tertiary/aromatic N) is 3. The largest absolute Gasteiger partial charge is 0.369 e. The van der Waals surface area contributed by atoms with E-state index in [9.17, 15) is 4.39 Å². The number of nitrogens with one attached hydrogen (secondary N) is 2. The van der Waals surface area contributed by atoms with Crippen molar-refractivity contribution >= 4 is 11.6 Å². The first kappa shape index (κ1) is 20.2. The molecule has 1 aliphatic rings. The zero-order valence-corrected chi connectivity index (χ0v) is 17.0. The highest BCUT2D eigenvalue weighted by Gasteiger charge is 2.22. The number of hydrogen-bond donors (Lipinski definition) is 2. The van der Waals surface area contributed by atoms with Gasteiger partial charge in [-0.05, 0) is 56.9 Å². The number of halogens is 1. The molecule has 0 radical (unpaired) electrons. The molecule has 2 heterocycles. The van der Waals surface area contributed by atoms with Crippen molar-refractivity contribution in [2.45, 2.75) is 52.6 Å². The number of benzene rings is 1. The van der Waals surface area contributed by atoms with Gasteiger partial charge in [0.1, 0.15) is 12.4 Å². The Kier molecular flexibility index (Phi) is 6.90. The van der Waals surface area contributed by atoms with Gasteiger partial charge in [0.2, 0.25) is 0 Å². The molecule has 1 saturated heterocycles. The standard InChI is InChI=1S/C21H30FN5O/c1-4-17-12-19(28-26-17)13-24-21(23-5-2)25-18-7-6-10-27(14-18)20-9-8-16(22)11-15(20)3/h8-9,11-12,18H,4-7,10,13-14H2,1-3H3,(H2,23,24,25). The van der Waals surface area contributed by atoms with Crippen molar-refractivity contribution in [3.05, 3.63) is 47.1 Å². The third-order valence-electron chi connectivity index (χ3n) is 4.97. The zero-order valence-electron chi connectivity index (χ0n) is 17.0. The van der Waals surface area contributed by atoms with Gasteiger partial charge in [0.15, 0.2) is 11.7 Å². The highest BCUT2D eigenvalue weighted by atomic mass is 19.1. The maximum Gasteiger partial charge on any atom is 0.191 e. The molecule has 6 nitrogen and oxygen atoms in total. The number of anilines is 1. The van der Waals surface area contributed by atoms with E-state index in [1.54, 1.807) is 6.07 Å². The molecule has 1 fully saturated rings. The fraction of sp³-hybridized carbons (Fsp3) is 0.524. The topological polar surface area (TPSA) is 65.7 Å². The van der Waals surface area contributed by atoms with Gasteiger partial charge in [-0.25, -0.2) is 9.38 Å². The molecule has 0 spiro atoms. The van der Waals surface area contributed by atoms with Crippen molar-refractivity contribution in [3.63, 3.8) is 0 Å². The predicted octanol–water partition coefficient (Wildman–Crippen LogP) is 3.41. The van der Waals surface area contributed by atoms with Crippen molar-refractivity contribution in [3.8, 4) is 0 Å². The smallest absolute Gasteiger partial charge is 0.191 e. The van der Waals surface area contributed by atoms with Crippen LogP contribution in [0.3, 0.4) is 0 Å². The van der Waals surface area contributed by atoms with Crippen LogP contribution in [0.5, 0.6) is 0 Å². The Morgan fingerprint density at radius 1 is 1.36 bits per heavy atom. The zero-order chi connectivity index (χ0) is 19.9. The fourth-order valence-corrected chi connectivity index (χ4v) is 3.55. The first-order chi connectivity index (χ1) is 13.6. The lowest BCUT2D eigenvalue weighted by molar-refractivity contribution is 0.379. The molecule has 152 valence electrons. The van der Waals surface area contributed by atoms with Crippen molar-refractivity contribution in [2.75, 3.05) is 24.5 Å². The van der Waals surface area contributed by atoms with Crippen LogP contribution in [0.1, 0.15) is 43.7 Å². The summed E-state index contributed by atoms with van der Waals surface area (Å²) in [5, 5.41) is 10.9. The minimum Gasteiger partial charge on any atom is -0.369 e. The second-order valence-electron chi connectivity index (χ2n) is 7.19. The summed E-state index contributed by atoms with van der Waals surface area (Å²) in [6, 6.07) is 7.23. The molecule has 28 heavy (non-hydrogen) atoms. The van der Waals surface area contributed by atoms with E-state index in [1.807, 2.05) is 26.0 Å². The van der Waals surface area contributed by atoms with E-state index in [1.165, 1.54) is 6.07 Å². The Morgan fingerprint density at radius 3 is 2.93 bits per heavy atom. The average Bonchev–Trinajstić information content (AvgIpc) is 3.15. The quantitative estimate of drug-likeness (QED) is 0.587. The fourth-order valence-electron chi connectivity index (χ4n) is 3.55. The van der Waals surface area contributed by atoms with Crippen LogP contribution in [0.4, 0.5) is 10.1 Å². The lowest BCUT2D eigenvalue weighted by atomic mass is 10.0. The molecule has 1 aromatic heterocycles. The molecule has 1 aliphatic heterocycles. The molecule has 0 aliphatic carbocycles. The lowest BCUT2D eigenvalue weighted by Gasteiger charge is -2.36. The first-order valence-corrected chi connectivity index (χ1v) is 10.1. The summed E-state index contributed by atoms with van der Waals surface area (Å²) in [7, 11) is 0. The summed E-state index contributed by atoms with van der Waals surface area (Å²) < 4.78 is 18.8. The van der Waals surface area contributed by atoms with E-state index < -0.39 is 0 Å². The lowest BCUT2D eigenvalue weighted by Crippen LogP contribution is -2.51. The molecule has 0 amide bonds. The highest BCUT2D eigenvalue weighted by molar-refractivity contribution is 5.80. The van der Waals surface area contributed by atoms with Crippen molar-refractivity contribution in [2.24, 2.45) is 4.99 Å². The van der Waals surface area contributed by atoms with Crippen LogP contribution >= 0.6 is 0 Å². The van der Waals surface area contributed by atoms with Crippen LogP contribution < -0.4 is 15.5 Å². The molecule has 1 unspecified atom stereocenters. The van der Waals surface area contributed by atoms with Crippen molar-refractivity contribution < 1.29 is 8.91 Å². The Bertz CT molecular complexity index is 804. The van der Waals surface area contributed by atoms with Gasteiger partial charge in [-0.1, -0.05) is 12.1 Å². The third kappa shape index (κ3) is 5.24. The Morgan fingerprint density at radius 2 is 2.21 bits per heavy atom. The number of guanidine groups is 1. The SMILES string of the molecule is CCNC(=NCc1cc(CC)no1)NC1CCCN(c2ccc(F)cc2C)C1. The Balaban J connectivity index is 1.64. The van der Waals surface area contributed by atoms with Crippen molar-refractivity contribution in [1.82, 2.24) is 15.8 Å². The Labute approximate surface area is 166 Å². The monoisotopic (exact) mass is 387 g/mol. The van der Waals surface area contributed by atoms with Crippen molar-refractivity contribution in [1.29, 1.82) is 0 Å². The van der Waals surface area contributed by atoms with Crippen LogP contribution in [0.25, 0.3) is 0 Å². The van der Waals surface area contributed by atoms with Gasteiger partial charge < -0.3 is 20.1 Å². The molecule has 2 aromatic rings. The van der Waals surface area contributed by atoms with Gasteiger partial charge in [-0.15, -0.1) is 0 Å². The second kappa shape index (κ2) is 9.57. The Hall–Kier alpha value is -2.57. The van der Waals surface area contributed by atoms with Gasteiger partial charge in [0, 0.05) is 37.4 Å². The summed E-state index contributed by atoms with van der Waals surface area (Å²) in [5.74, 6) is 1.36. The summed E-state index contributed by atoms with van der Waals surface area (Å²) >= 11 is 0. The summed E-state index contributed by atoms with van der Waals surface area (Å²) in [6.07, 6.45) is 3.01. The van der Waals surface area contributed by atoms with E-state index in [2.05, 4.69) is 32.6 Å². The van der Waals surface area contributed by atoms with Gasteiger partial charge in [0.25, 0.3) is 0 Å². The minimum absolute atomic E-state index is 0.187. The molecule has 0 saturated carbocycles. The van der Waals surface area contributed by atoms with E-state index in [0.717, 1.165) is 67.6 Å². The molecule has 7 heteroatoms. The third-order valence-corrected chi connectivity index (χ3v) is 4.97. The minimum atomic E-state index is -0.187. The van der Waals surface area contributed by atoms with Crippen LogP contribution in [-0.2, 0) is 13.0 Å². The molecular weight excluding hydrogens is 357 g/mol. The van der Waals surface area contributed by atoms with E-state index in [4.69, 9.17) is 4.52 Å². The number of rotatable bonds is 6. The van der Waals surface area contributed by atoms with Gasteiger partial charge in [-0.2, -0.15) is 0 Å². The molecule has 2 N–H and O–H groups in total. The molecule has 0 bridgehead atoms. The first-order valence-electron chi connectivity index (χ1n) is 10.1. The number of aliphatic imine (C=N–C) groups is 1. The maximum absolute atomic E-state index is 13.4. The summed E-state index contributed by atoms with van der Waals surface area (Å²) in [5.41, 5.74) is 3.02. The normalized spacial score (nSPS) is 17.6. The van der Waals surface area contributed by atoms with Crippen LogP contribution in [0, 0.1) is 12.7 Å². The number of piperidine rings is 1. The number of hydrogen-bond acceptors (Lipinski definition) is 4. The maximum atomic E-state index is 13.4. The van der Waals surface area contributed by atoms with Crippen LogP contribution in [0.2, 0.25) is 0 Å². The van der Waals surface area contributed by atoms with Gasteiger partial charge in [-0.3, -0.25) is 0 Å². The highest BCUT2D eigenvalue weighted by Crippen LogP contribution is 2.24. The van der Waals surface area contributed by atoms with Crippen LogP contribution in [0.15, 0.2) is 33.8 Å². The second-order valence-corrected chi connectivity index (χ2v) is 7.19. The number of aryl methyl sites for hydroxylation is 2. The molecule has 1 aromatic carbocycles. The van der Waals surface area contributed by atoms with E-state index in [0.29, 0.717) is 6.54 Å². The number of aromatic nitrogens is 1. The molecule has 3 rings (SSSR count). The van der Waals surface area contributed by atoms with Gasteiger partial charge >= 0.3 is 0 Å². The predicted molar refractivity (Wildman–Crippen MR) is 110 cm³/mol. The summed E-state index contributed by atoms with van der Waals surface area (Å²) in [6.45, 7) is 9.15.